The molecular weight excluding hydrogens is 454 g/mol. The quantitative estimate of drug-likeness (QED) is 0.365. The van der Waals surface area contributed by atoms with Gasteiger partial charge in [-0.15, -0.1) is 11.3 Å². The number of benzene rings is 2. The molecule has 2 heterocycles. The SMILES string of the molecule is CCCc1nc2scc(C(=O)O)c2c(=O)n1C(C)C(=O)Nc1ccc(Oc2ccccc2)cc1. The molecule has 34 heavy (non-hydrogen) atoms. The lowest BCUT2D eigenvalue weighted by Crippen LogP contribution is -2.34. The van der Waals surface area contributed by atoms with Gasteiger partial charge in [-0.25, -0.2) is 9.78 Å². The van der Waals surface area contributed by atoms with E-state index >= 15 is 0 Å². The first-order valence-corrected chi connectivity index (χ1v) is 11.7. The Bertz CT molecular complexity index is 1390. The van der Waals surface area contributed by atoms with E-state index in [1.807, 2.05) is 37.3 Å². The number of ether oxygens (including phenoxy) is 1. The summed E-state index contributed by atoms with van der Waals surface area (Å²) >= 11 is 1.11. The smallest absolute Gasteiger partial charge is 0.337 e. The van der Waals surface area contributed by atoms with Gasteiger partial charge in [0.2, 0.25) is 5.91 Å². The molecule has 0 radical (unpaired) electrons. The molecule has 0 fully saturated rings. The topological polar surface area (TPSA) is 111 Å². The number of aromatic nitrogens is 2. The Morgan fingerprint density at radius 1 is 1.12 bits per heavy atom. The van der Waals surface area contributed by atoms with Gasteiger partial charge < -0.3 is 15.2 Å². The van der Waals surface area contributed by atoms with Crippen LogP contribution in [0, 0.1) is 0 Å². The Morgan fingerprint density at radius 3 is 2.44 bits per heavy atom. The molecule has 4 aromatic rings. The van der Waals surface area contributed by atoms with E-state index in [0.717, 1.165) is 11.3 Å². The molecule has 8 nitrogen and oxygen atoms in total. The fourth-order valence-corrected chi connectivity index (χ4v) is 4.52. The number of hydrogen-bond donors (Lipinski definition) is 2. The van der Waals surface area contributed by atoms with Crippen LogP contribution < -0.4 is 15.6 Å². The van der Waals surface area contributed by atoms with Crippen molar-refractivity contribution in [1.82, 2.24) is 9.55 Å². The van der Waals surface area contributed by atoms with Gasteiger partial charge in [-0.2, -0.15) is 0 Å². The molecule has 2 aromatic heterocycles. The molecule has 4 rings (SSSR count). The molecule has 0 aliphatic carbocycles. The van der Waals surface area contributed by atoms with Crippen LogP contribution in [0.25, 0.3) is 10.2 Å². The predicted octanol–water partition coefficient (Wildman–Crippen LogP) is 5.10. The Balaban J connectivity index is 1.59. The molecule has 174 valence electrons. The van der Waals surface area contributed by atoms with Crippen molar-refractivity contribution in [3.8, 4) is 11.5 Å². The van der Waals surface area contributed by atoms with Crippen molar-refractivity contribution in [2.45, 2.75) is 32.7 Å². The van der Waals surface area contributed by atoms with E-state index in [9.17, 15) is 19.5 Å². The number of nitrogens with one attached hydrogen (secondary N) is 1. The zero-order valence-corrected chi connectivity index (χ0v) is 19.5. The van der Waals surface area contributed by atoms with Crippen LogP contribution in [-0.4, -0.2) is 26.5 Å². The predicted molar refractivity (Wildman–Crippen MR) is 131 cm³/mol. The van der Waals surface area contributed by atoms with Crippen LogP contribution in [0.3, 0.4) is 0 Å². The van der Waals surface area contributed by atoms with Crippen molar-refractivity contribution in [3.63, 3.8) is 0 Å². The second kappa shape index (κ2) is 9.88. The number of carboxylic acid groups (broad SMARTS) is 1. The van der Waals surface area contributed by atoms with E-state index in [2.05, 4.69) is 10.3 Å². The largest absolute Gasteiger partial charge is 0.478 e. The summed E-state index contributed by atoms with van der Waals surface area (Å²) in [4.78, 5) is 42.8. The van der Waals surface area contributed by atoms with Crippen molar-refractivity contribution in [1.29, 1.82) is 0 Å². The second-order valence-corrected chi connectivity index (χ2v) is 8.55. The van der Waals surface area contributed by atoms with E-state index in [-0.39, 0.29) is 10.9 Å². The fraction of sp³-hybridized carbons (Fsp3) is 0.200. The average molecular weight is 478 g/mol. The Morgan fingerprint density at radius 2 is 1.79 bits per heavy atom. The third-order valence-corrected chi connectivity index (χ3v) is 6.16. The molecule has 0 bridgehead atoms. The third-order valence-electron chi connectivity index (χ3n) is 5.28. The third kappa shape index (κ3) is 4.69. The van der Waals surface area contributed by atoms with Gasteiger partial charge >= 0.3 is 5.97 Å². The van der Waals surface area contributed by atoms with Crippen LogP contribution in [-0.2, 0) is 11.2 Å². The van der Waals surface area contributed by atoms with Gasteiger partial charge in [0.15, 0.2) is 0 Å². The maximum absolute atomic E-state index is 13.3. The molecule has 0 aliphatic heterocycles. The Labute approximate surface area is 199 Å². The van der Waals surface area contributed by atoms with Crippen molar-refractivity contribution in [2.75, 3.05) is 5.32 Å². The highest BCUT2D eigenvalue weighted by atomic mass is 32.1. The highest BCUT2D eigenvalue weighted by molar-refractivity contribution is 7.17. The minimum absolute atomic E-state index is 0.0272. The lowest BCUT2D eigenvalue weighted by Gasteiger charge is -2.19. The monoisotopic (exact) mass is 477 g/mol. The summed E-state index contributed by atoms with van der Waals surface area (Å²) in [6.07, 6.45) is 1.20. The average Bonchev–Trinajstić information content (AvgIpc) is 3.26. The molecule has 2 aromatic carbocycles. The summed E-state index contributed by atoms with van der Waals surface area (Å²) in [5.41, 5.74) is -0.0876. The number of thiophene rings is 1. The van der Waals surface area contributed by atoms with Gasteiger partial charge in [0, 0.05) is 17.5 Å². The molecular formula is C25H23N3O5S. The summed E-state index contributed by atoms with van der Waals surface area (Å²) in [5.74, 6) is 0.159. The van der Waals surface area contributed by atoms with Crippen molar-refractivity contribution >= 4 is 39.1 Å². The minimum Gasteiger partial charge on any atom is -0.478 e. The number of fused-ring (bicyclic) bond motifs is 1. The van der Waals surface area contributed by atoms with E-state index in [1.54, 1.807) is 31.2 Å². The van der Waals surface area contributed by atoms with Crippen LogP contribution in [0.4, 0.5) is 5.69 Å². The normalized spacial score (nSPS) is 11.8. The molecule has 9 heteroatoms. The number of carbonyl (C=O) groups is 2. The van der Waals surface area contributed by atoms with Gasteiger partial charge in [-0.1, -0.05) is 25.1 Å². The molecule has 0 spiro atoms. The summed E-state index contributed by atoms with van der Waals surface area (Å²) in [5, 5.41) is 13.7. The number of carbonyl (C=O) groups excluding carboxylic acids is 1. The maximum atomic E-state index is 13.3. The number of nitrogens with zero attached hydrogens (tertiary/aromatic N) is 2. The Kier molecular flexibility index (Phi) is 6.74. The fourth-order valence-electron chi connectivity index (χ4n) is 3.60. The number of carboxylic acids is 1. The standard InChI is InChI=1S/C25H23N3O5S/c1-3-7-20-27-23-21(19(14-34-23)25(31)32)24(30)28(20)15(2)22(29)26-16-10-12-18(13-11-16)33-17-8-5-4-6-9-17/h4-6,8-15H,3,7H2,1-2H3,(H,26,29)(H,31,32). The first-order valence-electron chi connectivity index (χ1n) is 10.8. The first kappa shape index (κ1) is 23.2. The molecule has 1 unspecified atom stereocenters. The van der Waals surface area contributed by atoms with Crippen LogP contribution in [0.1, 0.15) is 42.5 Å². The summed E-state index contributed by atoms with van der Waals surface area (Å²) in [6, 6.07) is 15.3. The highest BCUT2D eigenvalue weighted by Crippen LogP contribution is 2.25. The lowest BCUT2D eigenvalue weighted by molar-refractivity contribution is -0.118. The molecule has 1 amide bonds. The van der Waals surface area contributed by atoms with Crippen molar-refractivity contribution < 1.29 is 19.4 Å². The molecule has 0 saturated heterocycles. The van der Waals surface area contributed by atoms with Gasteiger partial charge in [-0.3, -0.25) is 14.2 Å². The van der Waals surface area contributed by atoms with Gasteiger partial charge in [0.05, 0.1) is 10.9 Å². The number of aryl methyl sites for hydroxylation is 1. The lowest BCUT2D eigenvalue weighted by atomic mass is 10.2. The van der Waals surface area contributed by atoms with E-state index in [4.69, 9.17) is 4.74 Å². The van der Waals surface area contributed by atoms with Crippen molar-refractivity contribution in [2.24, 2.45) is 0 Å². The maximum Gasteiger partial charge on any atom is 0.337 e. The number of hydrogen-bond acceptors (Lipinski definition) is 6. The summed E-state index contributed by atoms with van der Waals surface area (Å²) in [7, 11) is 0. The van der Waals surface area contributed by atoms with Gasteiger partial charge in [-0.05, 0) is 49.7 Å². The minimum atomic E-state index is -1.20. The highest BCUT2D eigenvalue weighted by Gasteiger charge is 2.25. The number of para-hydroxylation sites is 1. The molecule has 2 N–H and O–H groups in total. The van der Waals surface area contributed by atoms with Crippen LogP contribution >= 0.6 is 11.3 Å². The van der Waals surface area contributed by atoms with Gasteiger partial charge in [0.25, 0.3) is 5.56 Å². The molecule has 0 aliphatic rings. The van der Waals surface area contributed by atoms with Gasteiger partial charge in [0.1, 0.15) is 28.2 Å². The number of aromatic carboxylic acids is 1. The van der Waals surface area contributed by atoms with E-state index < -0.39 is 23.5 Å². The van der Waals surface area contributed by atoms with Crippen LogP contribution in [0.2, 0.25) is 0 Å². The zero-order valence-electron chi connectivity index (χ0n) is 18.6. The number of anilines is 1. The number of amides is 1. The second-order valence-electron chi connectivity index (χ2n) is 7.69. The Hall–Kier alpha value is -3.98. The van der Waals surface area contributed by atoms with Crippen LogP contribution in [0.15, 0.2) is 64.8 Å². The summed E-state index contributed by atoms with van der Waals surface area (Å²) < 4.78 is 7.06. The van der Waals surface area contributed by atoms with E-state index in [1.165, 1.54) is 9.95 Å². The zero-order chi connectivity index (χ0) is 24.2. The molecule has 1 atom stereocenters. The van der Waals surface area contributed by atoms with Crippen molar-refractivity contribution in [3.05, 3.63) is 81.7 Å². The van der Waals surface area contributed by atoms with Crippen LogP contribution in [0.5, 0.6) is 11.5 Å². The number of rotatable bonds is 8. The van der Waals surface area contributed by atoms with E-state index in [0.29, 0.717) is 40.7 Å². The first-order chi connectivity index (χ1) is 16.4. The molecule has 0 saturated carbocycles. The summed E-state index contributed by atoms with van der Waals surface area (Å²) in [6.45, 7) is 3.55.